The third-order valence-electron chi connectivity index (χ3n) is 4.67. The molecule has 2 aromatic heterocycles. The first kappa shape index (κ1) is 18.1. The number of halogens is 4. The van der Waals surface area contributed by atoms with Crippen LogP contribution in [0, 0.1) is 0 Å². The largest absolute Gasteiger partial charge is 0.433 e. The number of para-hydroxylation sites is 1. The predicted molar refractivity (Wildman–Crippen MR) is 93.8 cm³/mol. The van der Waals surface area contributed by atoms with Crippen LogP contribution in [-0.4, -0.2) is 38.7 Å². The second kappa shape index (κ2) is 6.43. The van der Waals surface area contributed by atoms with Gasteiger partial charge in [-0.15, -0.1) is 0 Å². The van der Waals surface area contributed by atoms with Crippen molar-refractivity contribution in [3.05, 3.63) is 60.7 Å². The van der Waals surface area contributed by atoms with E-state index >= 15 is 0 Å². The van der Waals surface area contributed by atoms with Gasteiger partial charge in [0, 0.05) is 30.2 Å². The lowest BCUT2D eigenvalue weighted by Crippen LogP contribution is -2.51. The third kappa shape index (κ3) is 3.02. The van der Waals surface area contributed by atoms with Crippen LogP contribution in [0.5, 0.6) is 0 Å². The van der Waals surface area contributed by atoms with Crippen molar-refractivity contribution in [3.63, 3.8) is 0 Å². The number of aromatic nitrogens is 3. The first-order chi connectivity index (χ1) is 13.3. The number of nitrogens with zero attached hydrogens (tertiary/aromatic N) is 4. The predicted octanol–water partition coefficient (Wildman–Crippen LogP) is 3.98. The zero-order chi connectivity index (χ0) is 20.1. The molecule has 0 aliphatic carbocycles. The summed E-state index contributed by atoms with van der Waals surface area (Å²) in [6, 6.07) is 9.36. The first-order valence-corrected chi connectivity index (χ1v) is 8.40. The van der Waals surface area contributed by atoms with E-state index in [4.69, 9.17) is 0 Å². The summed E-state index contributed by atoms with van der Waals surface area (Å²) >= 11 is 0. The molecule has 1 amide bonds. The highest BCUT2D eigenvalue weighted by atomic mass is 19.4. The minimum absolute atomic E-state index is 0.163. The summed E-state index contributed by atoms with van der Waals surface area (Å²) < 4.78 is 53.0. The van der Waals surface area contributed by atoms with E-state index in [2.05, 4.69) is 16.7 Å². The summed E-state index contributed by atoms with van der Waals surface area (Å²) in [6.07, 6.45) is -3.37. The number of hydrogen-bond acceptors (Lipinski definition) is 3. The highest BCUT2D eigenvalue weighted by Crippen LogP contribution is 2.34. The molecule has 144 valence electrons. The van der Waals surface area contributed by atoms with Crippen LogP contribution in [0.2, 0.25) is 0 Å². The molecule has 28 heavy (non-hydrogen) atoms. The Bertz CT molecular complexity index is 1070. The number of benzene rings is 1. The molecule has 0 atom stereocenters. The van der Waals surface area contributed by atoms with Gasteiger partial charge < -0.3 is 4.90 Å². The Morgan fingerprint density at radius 3 is 2.46 bits per heavy atom. The molecular weight excluding hydrogens is 376 g/mol. The fourth-order valence-corrected chi connectivity index (χ4v) is 3.23. The average Bonchev–Trinajstić information content (AvgIpc) is 2.99. The number of pyridine rings is 1. The molecule has 4 rings (SSSR count). The number of amides is 1. The standard InChI is InChI=1S/C19H14F4N4O/c1-11(20)18(28)26-9-13(10-26)27-15-5-3-2-4-14(15)17(25-27)12-6-7-16(24-8-12)19(21,22)23/h2-8,13H,1,9-10H2. The van der Waals surface area contributed by atoms with E-state index < -0.39 is 23.6 Å². The van der Waals surface area contributed by atoms with Gasteiger partial charge in [-0.25, -0.2) is 4.39 Å². The molecule has 9 heteroatoms. The SMILES string of the molecule is C=C(F)C(=O)N1CC(n2nc(-c3ccc(C(F)(F)F)nc3)c3ccccc32)C1. The van der Waals surface area contributed by atoms with Crippen molar-refractivity contribution >= 4 is 16.8 Å². The van der Waals surface area contributed by atoms with E-state index in [-0.39, 0.29) is 19.1 Å². The minimum Gasteiger partial charge on any atom is -0.332 e. The summed E-state index contributed by atoms with van der Waals surface area (Å²) in [7, 11) is 0. The topological polar surface area (TPSA) is 51.0 Å². The van der Waals surface area contributed by atoms with Crippen LogP contribution < -0.4 is 0 Å². The van der Waals surface area contributed by atoms with Gasteiger partial charge in [0.05, 0.1) is 11.6 Å². The van der Waals surface area contributed by atoms with Gasteiger partial charge in [0.25, 0.3) is 5.91 Å². The average molecular weight is 390 g/mol. The Balaban J connectivity index is 1.68. The Labute approximate surface area is 156 Å². The molecule has 0 N–H and O–H groups in total. The second-order valence-electron chi connectivity index (χ2n) is 6.51. The molecule has 0 spiro atoms. The van der Waals surface area contributed by atoms with E-state index in [9.17, 15) is 22.4 Å². The van der Waals surface area contributed by atoms with Crippen molar-refractivity contribution in [2.24, 2.45) is 0 Å². The van der Waals surface area contributed by atoms with Crippen molar-refractivity contribution in [1.82, 2.24) is 19.7 Å². The molecular formula is C19H14F4N4O. The van der Waals surface area contributed by atoms with E-state index in [1.165, 1.54) is 11.0 Å². The summed E-state index contributed by atoms with van der Waals surface area (Å²) in [6.45, 7) is 3.56. The Morgan fingerprint density at radius 2 is 1.86 bits per heavy atom. The quantitative estimate of drug-likeness (QED) is 0.502. The van der Waals surface area contributed by atoms with Crippen LogP contribution in [0.15, 0.2) is 55.0 Å². The molecule has 1 aliphatic rings. The number of hydrogen-bond donors (Lipinski definition) is 0. The van der Waals surface area contributed by atoms with Gasteiger partial charge in [0.1, 0.15) is 11.4 Å². The molecule has 0 bridgehead atoms. The maximum Gasteiger partial charge on any atom is 0.433 e. The van der Waals surface area contributed by atoms with Crippen LogP contribution in [0.1, 0.15) is 11.7 Å². The highest BCUT2D eigenvalue weighted by molar-refractivity contribution is 5.94. The van der Waals surface area contributed by atoms with Gasteiger partial charge in [-0.3, -0.25) is 14.5 Å². The van der Waals surface area contributed by atoms with Crippen LogP contribution in [-0.2, 0) is 11.0 Å². The van der Waals surface area contributed by atoms with Gasteiger partial charge in [-0.1, -0.05) is 24.8 Å². The fraction of sp³-hybridized carbons (Fsp3) is 0.211. The smallest absolute Gasteiger partial charge is 0.332 e. The highest BCUT2D eigenvalue weighted by Gasteiger charge is 2.35. The van der Waals surface area contributed by atoms with E-state index in [1.54, 1.807) is 10.7 Å². The second-order valence-corrected chi connectivity index (χ2v) is 6.51. The molecule has 0 unspecified atom stereocenters. The monoisotopic (exact) mass is 390 g/mol. The molecule has 3 heterocycles. The van der Waals surface area contributed by atoms with Crippen molar-refractivity contribution in [2.45, 2.75) is 12.2 Å². The number of likely N-dealkylation sites (tertiary alicyclic amines) is 1. The van der Waals surface area contributed by atoms with Crippen molar-refractivity contribution in [2.75, 3.05) is 13.1 Å². The van der Waals surface area contributed by atoms with Crippen LogP contribution in [0.25, 0.3) is 22.2 Å². The van der Waals surface area contributed by atoms with Gasteiger partial charge >= 0.3 is 6.18 Å². The molecule has 1 aromatic carbocycles. The normalized spacial score (nSPS) is 14.9. The fourth-order valence-electron chi connectivity index (χ4n) is 3.23. The van der Waals surface area contributed by atoms with Crippen LogP contribution in [0.3, 0.4) is 0 Å². The zero-order valence-corrected chi connectivity index (χ0v) is 14.4. The lowest BCUT2D eigenvalue weighted by Gasteiger charge is -2.39. The number of carbonyl (C=O) groups is 1. The number of fused-ring (bicyclic) bond motifs is 1. The lowest BCUT2D eigenvalue weighted by molar-refractivity contribution is -0.141. The Kier molecular flexibility index (Phi) is 4.17. The van der Waals surface area contributed by atoms with E-state index in [0.717, 1.165) is 23.2 Å². The van der Waals surface area contributed by atoms with Gasteiger partial charge in [-0.05, 0) is 18.2 Å². The minimum atomic E-state index is -4.51. The lowest BCUT2D eigenvalue weighted by atomic mass is 10.1. The third-order valence-corrected chi connectivity index (χ3v) is 4.67. The number of rotatable bonds is 3. The van der Waals surface area contributed by atoms with Gasteiger partial charge in [0.15, 0.2) is 5.83 Å². The Hall–Kier alpha value is -3.23. The summed E-state index contributed by atoms with van der Waals surface area (Å²) in [4.78, 5) is 16.4. The van der Waals surface area contributed by atoms with E-state index in [1.807, 2.05) is 18.2 Å². The molecule has 1 fully saturated rings. The zero-order valence-electron chi connectivity index (χ0n) is 14.4. The molecule has 5 nitrogen and oxygen atoms in total. The molecule has 0 saturated carbocycles. The molecule has 1 saturated heterocycles. The summed E-state index contributed by atoms with van der Waals surface area (Å²) in [5.41, 5.74) is 0.747. The molecule has 3 aromatic rings. The van der Waals surface area contributed by atoms with Crippen LogP contribution >= 0.6 is 0 Å². The Morgan fingerprint density at radius 1 is 1.14 bits per heavy atom. The van der Waals surface area contributed by atoms with Crippen molar-refractivity contribution in [1.29, 1.82) is 0 Å². The first-order valence-electron chi connectivity index (χ1n) is 8.40. The summed E-state index contributed by atoms with van der Waals surface area (Å²) in [5, 5.41) is 5.31. The molecule has 1 aliphatic heterocycles. The maximum absolute atomic E-state index is 13.0. The van der Waals surface area contributed by atoms with Gasteiger partial charge in [0.2, 0.25) is 0 Å². The van der Waals surface area contributed by atoms with Gasteiger partial charge in [-0.2, -0.15) is 18.3 Å². The summed E-state index contributed by atoms with van der Waals surface area (Å²) in [5.74, 6) is -1.76. The number of carbonyl (C=O) groups excluding carboxylic acids is 1. The van der Waals surface area contributed by atoms with Crippen molar-refractivity contribution < 1.29 is 22.4 Å². The van der Waals surface area contributed by atoms with E-state index in [0.29, 0.717) is 11.3 Å². The molecule has 0 radical (unpaired) electrons. The van der Waals surface area contributed by atoms with Crippen molar-refractivity contribution in [3.8, 4) is 11.3 Å². The maximum atomic E-state index is 13.0. The van der Waals surface area contributed by atoms with Crippen LogP contribution in [0.4, 0.5) is 17.6 Å². The number of alkyl halides is 3.